The predicted octanol–water partition coefficient (Wildman–Crippen LogP) is 0.908. The van der Waals surface area contributed by atoms with Gasteiger partial charge >= 0.3 is 0 Å². The van der Waals surface area contributed by atoms with Crippen molar-refractivity contribution in [2.75, 3.05) is 6.67 Å². The van der Waals surface area contributed by atoms with Gasteiger partial charge in [0.25, 0.3) is 0 Å². The molecule has 0 bridgehead atoms. The van der Waals surface area contributed by atoms with Gasteiger partial charge in [-0.3, -0.25) is 0 Å². The van der Waals surface area contributed by atoms with Crippen molar-refractivity contribution in [2.45, 2.75) is 24.9 Å². The minimum atomic E-state index is -1.03. The summed E-state index contributed by atoms with van der Waals surface area (Å²) >= 11 is 5.73. The highest BCUT2D eigenvalue weighted by Crippen LogP contribution is 2.15. The lowest BCUT2D eigenvalue weighted by Gasteiger charge is -2.03. The zero-order valence-electron chi connectivity index (χ0n) is 7.19. The topological polar surface area (TPSA) is 50.9 Å². The highest BCUT2D eigenvalue weighted by molar-refractivity contribution is 6.20. The SMILES string of the molecule is CC(Cl)c1cn(CC(O)CF)nn1. The highest BCUT2D eigenvalue weighted by Gasteiger charge is 2.09. The van der Waals surface area contributed by atoms with Crippen LogP contribution < -0.4 is 0 Å². The first-order chi connectivity index (χ1) is 6.13. The minimum Gasteiger partial charge on any atom is -0.388 e. The number of halogens is 2. The fraction of sp³-hybridized carbons (Fsp3) is 0.714. The molecule has 0 saturated heterocycles. The summed E-state index contributed by atoms with van der Waals surface area (Å²) in [6.45, 7) is 1.08. The molecule has 74 valence electrons. The molecule has 2 atom stereocenters. The molecule has 1 rings (SSSR count). The van der Waals surface area contributed by atoms with Crippen LogP contribution in [0.3, 0.4) is 0 Å². The molecule has 0 amide bonds. The van der Waals surface area contributed by atoms with Crippen molar-refractivity contribution in [2.24, 2.45) is 0 Å². The van der Waals surface area contributed by atoms with Crippen LogP contribution in [-0.4, -0.2) is 32.9 Å². The Labute approximate surface area is 80.3 Å². The van der Waals surface area contributed by atoms with E-state index in [1.54, 1.807) is 13.1 Å². The van der Waals surface area contributed by atoms with Crippen LogP contribution in [0.4, 0.5) is 4.39 Å². The maximum Gasteiger partial charge on any atom is 0.117 e. The van der Waals surface area contributed by atoms with E-state index < -0.39 is 12.8 Å². The Kier molecular flexibility index (Phi) is 3.62. The zero-order valence-corrected chi connectivity index (χ0v) is 7.95. The second-order valence-electron chi connectivity index (χ2n) is 2.79. The largest absolute Gasteiger partial charge is 0.388 e. The van der Waals surface area contributed by atoms with Gasteiger partial charge < -0.3 is 5.11 Å². The van der Waals surface area contributed by atoms with E-state index in [2.05, 4.69) is 10.3 Å². The van der Waals surface area contributed by atoms with E-state index in [0.717, 1.165) is 0 Å². The molecule has 1 aromatic heterocycles. The van der Waals surface area contributed by atoms with Crippen LogP contribution in [0, 0.1) is 0 Å². The normalized spacial score (nSPS) is 15.7. The molecule has 13 heavy (non-hydrogen) atoms. The Morgan fingerprint density at radius 1 is 1.77 bits per heavy atom. The van der Waals surface area contributed by atoms with Gasteiger partial charge in [-0.25, -0.2) is 9.07 Å². The minimum absolute atomic E-state index is 0.104. The summed E-state index contributed by atoms with van der Waals surface area (Å²) in [6.07, 6.45) is 0.566. The number of aliphatic hydroxyl groups excluding tert-OH is 1. The number of hydrogen-bond donors (Lipinski definition) is 1. The first-order valence-corrected chi connectivity index (χ1v) is 4.35. The smallest absolute Gasteiger partial charge is 0.117 e. The molecule has 0 radical (unpaired) electrons. The Hall–Kier alpha value is -0.680. The van der Waals surface area contributed by atoms with E-state index in [4.69, 9.17) is 16.7 Å². The van der Waals surface area contributed by atoms with Gasteiger partial charge in [0.2, 0.25) is 0 Å². The summed E-state index contributed by atoms with van der Waals surface area (Å²) in [4.78, 5) is 0. The number of hydrogen-bond acceptors (Lipinski definition) is 3. The fourth-order valence-corrected chi connectivity index (χ4v) is 0.950. The Balaban J connectivity index is 2.58. The van der Waals surface area contributed by atoms with Gasteiger partial charge in [-0.05, 0) is 6.92 Å². The lowest BCUT2D eigenvalue weighted by Crippen LogP contribution is -2.18. The molecule has 1 heterocycles. The summed E-state index contributed by atoms with van der Waals surface area (Å²) in [7, 11) is 0. The maximum atomic E-state index is 11.9. The van der Waals surface area contributed by atoms with E-state index in [-0.39, 0.29) is 11.9 Å². The van der Waals surface area contributed by atoms with Crippen molar-refractivity contribution in [3.8, 4) is 0 Å². The average Bonchev–Trinajstić information content (AvgIpc) is 2.52. The zero-order chi connectivity index (χ0) is 9.84. The molecule has 0 aromatic carbocycles. The van der Waals surface area contributed by atoms with Gasteiger partial charge in [0.1, 0.15) is 18.5 Å². The monoisotopic (exact) mass is 207 g/mol. The average molecular weight is 208 g/mol. The number of alkyl halides is 2. The van der Waals surface area contributed by atoms with Crippen molar-refractivity contribution in [1.82, 2.24) is 15.0 Å². The number of aromatic nitrogens is 3. The van der Waals surface area contributed by atoms with Crippen molar-refractivity contribution >= 4 is 11.6 Å². The van der Waals surface area contributed by atoms with Crippen LogP contribution in [0.2, 0.25) is 0 Å². The molecule has 0 fully saturated rings. The van der Waals surface area contributed by atoms with Crippen LogP contribution in [0.5, 0.6) is 0 Å². The Bertz CT molecular complexity index is 266. The van der Waals surface area contributed by atoms with Gasteiger partial charge in [-0.2, -0.15) is 0 Å². The third kappa shape index (κ3) is 2.93. The summed E-state index contributed by atoms with van der Waals surface area (Å²) in [5, 5.41) is 16.2. The molecule has 0 aliphatic carbocycles. The van der Waals surface area contributed by atoms with E-state index in [9.17, 15) is 4.39 Å². The van der Waals surface area contributed by atoms with Crippen molar-refractivity contribution in [3.63, 3.8) is 0 Å². The van der Waals surface area contributed by atoms with E-state index >= 15 is 0 Å². The van der Waals surface area contributed by atoms with Crippen LogP contribution in [0.1, 0.15) is 18.0 Å². The molecule has 1 N–H and O–H groups in total. The second-order valence-corrected chi connectivity index (χ2v) is 3.44. The molecule has 0 spiro atoms. The first kappa shape index (κ1) is 10.4. The number of rotatable bonds is 4. The van der Waals surface area contributed by atoms with Gasteiger partial charge in [0.05, 0.1) is 18.1 Å². The molecule has 6 heteroatoms. The van der Waals surface area contributed by atoms with Crippen molar-refractivity contribution in [1.29, 1.82) is 0 Å². The molecule has 2 unspecified atom stereocenters. The molecule has 0 saturated carbocycles. The second kappa shape index (κ2) is 4.53. The van der Waals surface area contributed by atoms with E-state index in [1.807, 2.05) is 0 Å². The highest BCUT2D eigenvalue weighted by atomic mass is 35.5. The molecular weight excluding hydrogens is 197 g/mol. The van der Waals surface area contributed by atoms with Gasteiger partial charge in [-0.1, -0.05) is 5.21 Å². The van der Waals surface area contributed by atoms with Gasteiger partial charge in [0.15, 0.2) is 0 Å². The fourth-order valence-electron chi connectivity index (χ4n) is 0.850. The lowest BCUT2D eigenvalue weighted by atomic mass is 10.3. The van der Waals surface area contributed by atoms with Crippen molar-refractivity contribution < 1.29 is 9.50 Å². The van der Waals surface area contributed by atoms with Crippen LogP contribution >= 0.6 is 11.6 Å². The molecule has 1 aromatic rings. The van der Waals surface area contributed by atoms with E-state index in [0.29, 0.717) is 5.69 Å². The Morgan fingerprint density at radius 2 is 2.46 bits per heavy atom. The quantitative estimate of drug-likeness (QED) is 0.747. The predicted molar refractivity (Wildman–Crippen MR) is 46.3 cm³/mol. The van der Waals surface area contributed by atoms with Crippen LogP contribution in [0.25, 0.3) is 0 Å². The molecule has 0 aliphatic heterocycles. The first-order valence-electron chi connectivity index (χ1n) is 3.91. The summed E-state index contributed by atoms with van der Waals surface area (Å²) in [5.74, 6) is 0. The van der Waals surface area contributed by atoms with Gasteiger partial charge in [-0.15, -0.1) is 16.7 Å². The lowest BCUT2D eigenvalue weighted by molar-refractivity contribution is 0.117. The Morgan fingerprint density at radius 3 is 2.92 bits per heavy atom. The maximum absolute atomic E-state index is 11.9. The summed E-state index contributed by atoms with van der Waals surface area (Å²) in [5.41, 5.74) is 0.618. The third-order valence-electron chi connectivity index (χ3n) is 1.54. The summed E-state index contributed by atoms with van der Waals surface area (Å²) in [6, 6.07) is 0. The molecular formula is C7H11ClFN3O. The summed E-state index contributed by atoms with van der Waals surface area (Å²) < 4.78 is 13.3. The standard InChI is InChI=1S/C7H11ClFN3O/c1-5(8)7-4-12(11-10-7)3-6(13)2-9/h4-6,13H,2-3H2,1H3. The van der Waals surface area contributed by atoms with E-state index in [1.165, 1.54) is 4.68 Å². The van der Waals surface area contributed by atoms with Crippen LogP contribution in [-0.2, 0) is 6.54 Å². The number of nitrogens with zero attached hydrogens (tertiary/aromatic N) is 3. The third-order valence-corrected chi connectivity index (χ3v) is 1.76. The van der Waals surface area contributed by atoms with Crippen molar-refractivity contribution in [3.05, 3.63) is 11.9 Å². The molecule has 0 aliphatic rings. The molecule has 4 nitrogen and oxygen atoms in total. The van der Waals surface area contributed by atoms with Crippen LogP contribution in [0.15, 0.2) is 6.20 Å². The number of aliphatic hydroxyl groups is 1. The van der Waals surface area contributed by atoms with Gasteiger partial charge in [0, 0.05) is 0 Å².